The normalized spacial score (nSPS) is 27.0. The molecule has 2 saturated carbocycles. The maximum Gasteiger partial charge on any atom is 0.135 e. The van der Waals surface area contributed by atoms with Gasteiger partial charge in [0.25, 0.3) is 0 Å². The van der Waals surface area contributed by atoms with Crippen LogP contribution in [0.1, 0.15) is 37.9 Å². The van der Waals surface area contributed by atoms with Crippen LogP contribution in [0.3, 0.4) is 0 Å². The van der Waals surface area contributed by atoms with E-state index in [1.54, 1.807) is 0 Å². The lowest BCUT2D eigenvalue weighted by Gasteiger charge is -2.18. The molecule has 17 heavy (non-hydrogen) atoms. The molecule has 0 bridgehead atoms. The Kier molecular flexibility index (Phi) is 2.85. The Morgan fingerprint density at radius 1 is 1.41 bits per heavy atom. The van der Waals surface area contributed by atoms with Gasteiger partial charge in [-0.05, 0) is 47.0 Å². The Bertz CT molecular complexity index is 431. The van der Waals surface area contributed by atoms with Crippen LogP contribution in [0.25, 0.3) is 0 Å². The van der Waals surface area contributed by atoms with E-state index in [-0.39, 0.29) is 0 Å². The van der Waals surface area contributed by atoms with Crippen molar-refractivity contribution < 1.29 is 0 Å². The van der Waals surface area contributed by atoms with Crippen LogP contribution in [-0.4, -0.2) is 23.6 Å². The fourth-order valence-corrected chi connectivity index (χ4v) is 2.63. The van der Waals surface area contributed by atoms with Crippen LogP contribution in [-0.2, 0) is 0 Å². The molecule has 0 saturated heterocycles. The number of hydrogen-bond acceptors (Lipinski definition) is 3. The lowest BCUT2D eigenvalue weighted by Crippen LogP contribution is -2.22. The Labute approximate surface area is 111 Å². The summed E-state index contributed by atoms with van der Waals surface area (Å²) in [6.07, 6.45) is 3.87. The second-order valence-electron chi connectivity index (χ2n) is 5.53. The first kappa shape index (κ1) is 11.5. The number of anilines is 1. The maximum absolute atomic E-state index is 4.69. The number of hydrogen-bond donors (Lipinski definition) is 0. The molecule has 1 aromatic heterocycles. The van der Waals surface area contributed by atoms with E-state index in [1.807, 2.05) is 6.07 Å². The summed E-state index contributed by atoms with van der Waals surface area (Å²) in [5.41, 5.74) is 0. The number of aromatic nitrogens is 2. The first-order chi connectivity index (χ1) is 8.13. The van der Waals surface area contributed by atoms with Gasteiger partial charge in [0.15, 0.2) is 0 Å². The molecule has 0 N–H and O–H groups in total. The first-order valence-electron chi connectivity index (χ1n) is 6.39. The summed E-state index contributed by atoms with van der Waals surface area (Å²) >= 11 is 3.49. The third-order valence-electron chi connectivity index (χ3n) is 3.82. The van der Waals surface area contributed by atoms with Gasteiger partial charge >= 0.3 is 0 Å². The summed E-state index contributed by atoms with van der Waals surface area (Å²) < 4.78 is 0.917. The van der Waals surface area contributed by atoms with Crippen molar-refractivity contribution in [1.82, 2.24) is 9.97 Å². The summed E-state index contributed by atoms with van der Waals surface area (Å²) in [6.45, 7) is 3.44. The highest BCUT2D eigenvalue weighted by Crippen LogP contribution is 2.40. The molecule has 2 aliphatic carbocycles. The molecule has 1 aromatic rings. The van der Waals surface area contributed by atoms with Gasteiger partial charge in [0.1, 0.15) is 16.2 Å². The van der Waals surface area contributed by atoms with E-state index < -0.39 is 0 Å². The van der Waals surface area contributed by atoms with Crippen LogP contribution in [0.2, 0.25) is 0 Å². The molecular formula is C13H18BrN3. The van der Waals surface area contributed by atoms with Crippen molar-refractivity contribution in [3.63, 3.8) is 0 Å². The second-order valence-corrected chi connectivity index (χ2v) is 6.35. The van der Waals surface area contributed by atoms with E-state index >= 15 is 0 Å². The summed E-state index contributed by atoms with van der Waals surface area (Å²) in [4.78, 5) is 11.4. The van der Waals surface area contributed by atoms with Gasteiger partial charge in [-0.15, -0.1) is 0 Å². The third-order valence-corrected chi connectivity index (χ3v) is 4.22. The molecule has 3 rings (SSSR count). The predicted octanol–water partition coefficient (Wildman–Crippen LogP) is 3.21. The molecule has 0 spiro atoms. The standard InChI is InChI=1S/C13H18BrN3/c1-8-5-10(8)7-17(2)12-6-11(14)15-13(16-12)9-3-4-9/h6,8-10H,3-5,7H2,1-2H3. The van der Waals surface area contributed by atoms with Gasteiger partial charge in [0.05, 0.1) is 0 Å². The van der Waals surface area contributed by atoms with Crippen LogP contribution in [0.15, 0.2) is 10.7 Å². The molecule has 2 atom stereocenters. The Balaban J connectivity index is 1.76. The fraction of sp³-hybridized carbons (Fsp3) is 0.692. The molecule has 92 valence electrons. The van der Waals surface area contributed by atoms with Crippen molar-refractivity contribution in [2.75, 3.05) is 18.5 Å². The Morgan fingerprint density at radius 3 is 2.71 bits per heavy atom. The number of rotatable bonds is 4. The van der Waals surface area contributed by atoms with Gasteiger partial charge in [0.2, 0.25) is 0 Å². The molecule has 3 nitrogen and oxygen atoms in total. The highest BCUT2D eigenvalue weighted by molar-refractivity contribution is 9.10. The van der Waals surface area contributed by atoms with Gasteiger partial charge in [0, 0.05) is 25.6 Å². The highest BCUT2D eigenvalue weighted by atomic mass is 79.9. The summed E-state index contributed by atoms with van der Waals surface area (Å²) in [5, 5.41) is 0. The van der Waals surface area contributed by atoms with Gasteiger partial charge in [-0.3, -0.25) is 0 Å². The molecule has 2 fully saturated rings. The van der Waals surface area contributed by atoms with E-state index in [0.29, 0.717) is 5.92 Å². The van der Waals surface area contributed by atoms with Gasteiger partial charge in [-0.25, -0.2) is 9.97 Å². The topological polar surface area (TPSA) is 29.0 Å². The van der Waals surface area contributed by atoms with E-state index in [2.05, 4.69) is 44.8 Å². The van der Waals surface area contributed by atoms with E-state index in [4.69, 9.17) is 0 Å². The molecular weight excluding hydrogens is 278 g/mol. The van der Waals surface area contributed by atoms with E-state index in [1.165, 1.54) is 19.3 Å². The largest absolute Gasteiger partial charge is 0.359 e. The van der Waals surface area contributed by atoms with Gasteiger partial charge < -0.3 is 4.90 Å². The fourth-order valence-electron chi connectivity index (χ4n) is 2.24. The minimum atomic E-state index is 0.611. The van der Waals surface area contributed by atoms with Crippen LogP contribution >= 0.6 is 15.9 Å². The average molecular weight is 296 g/mol. The predicted molar refractivity (Wildman–Crippen MR) is 72.2 cm³/mol. The van der Waals surface area contributed by atoms with E-state index in [0.717, 1.165) is 34.6 Å². The zero-order valence-corrected chi connectivity index (χ0v) is 11.9. The molecule has 1 heterocycles. The SMILES string of the molecule is CC1CC1CN(C)c1cc(Br)nc(C2CC2)n1. The maximum atomic E-state index is 4.69. The van der Waals surface area contributed by atoms with Gasteiger partial charge in [-0.1, -0.05) is 6.92 Å². The Hall–Kier alpha value is -0.640. The molecule has 4 heteroatoms. The molecule has 0 aliphatic heterocycles. The monoisotopic (exact) mass is 295 g/mol. The molecule has 2 unspecified atom stereocenters. The van der Waals surface area contributed by atoms with Crippen LogP contribution in [0.4, 0.5) is 5.82 Å². The van der Waals surface area contributed by atoms with Crippen molar-refractivity contribution in [3.8, 4) is 0 Å². The van der Waals surface area contributed by atoms with Crippen LogP contribution in [0.5, 0.6) is 0 Å². The number of halogens is 1. The summed E-state index contributed by atoms with van der Waals surface area (Å²) in [7, 11) is 2.14. The zero-order chi connectivity index (χ0) is 12.0. The number of nitrogens with zero attached hydrogens (tertiary/aromatic N) is 3. The lowest BCUT2D eigenvalue weighted by atomic mass is 10.3. The smallest absolute Gasteiger partial charge is 0.135 e. The van der Waals surface area contributed by atoms with Crippen molar-refractivity contribution in [2.45, 2.75) is 32.1 Å². The van der Waals surface area contributed by atoms with E-state index in [9.17, 15) is 0 Å². The van der Waals surface area contributed by atoms with Crippen molar-refractivity contribution in [3.05, 3.63) is 16.5 Å². The molecule has 2 aliphatic rings. The second kappa shape index (κ2) is 4.23. The van der Waals surface area contributed by atoms with Crippen LogP contribution < -0.4 is 4.90 Å². The quantitative estimate of drug-likeness (QED) is 0.799. The zero-order valence-electron chi connectivity index (χ0n) is 10.4. The first-order valence-corrected chi connectivity index (χ1v) is 7.18. The van der Waals surface area contributed by atoms with Crippen molar-refractivity contribution in [1.29, 1.82) is 0 Å². The highest BCUT2D eigenvalue weighted by Gasteiger charge is 2.34. The minimum Gasteiger partial charge on any atom is -0.359 e. The van der Waals surface area contributed by atoms with Crippen LogP contribution in [0, 0.1) is 11.8 Å². The summed E-state index contributed by atoms with van der Waals surface area (Å²) in [6, 6.07) is 2.03. The van der Waals surface area contributed by atoms with Crippen molar-refractivity contribution >= 4 is 21.7 Å². The molecule has 0 aromatic carbocycles. The third kappa shape index (κ3) is 2.62. The minimum absolute atomic E-state index is 0.611. The lowest BCUT2D eigenvalue weighted by molar-refractivity contribution is 0.715. The average Bonchev–Trinajstić information content (AvgIpc) is 3.15. The van der Waals surface area contributed by atoms with Gasteiger partial charge in [-0.2, -0.15) is 0 Å². The summed E-state index contributed by atoms with van der Waals surface area (Å²) in [5.74, 6) is 4.45. The molecule has 0 amide bonds. The molecule has 0 radical (unpaired) electrons. The van der Waals surface area contributed by atoms with Crippen molar-refractivity contribution in [2.24, 2.45) is 11.8 Å². The Morgan fingerprint density at radius 2 is 2.12 bits per heavy atom.